The Kier molecular flexibility index (Phi) is 3.01. The molecule has 0 radical (unpaired) electrons. The SMILES string of the molecule is COCCC(=O)c1ccc2nc(C)[nH]c2c1. The van der Waals surface area contributed by atoms with Crippen LogP contribution >= 0.6 is 0 Å². The summed E-state index contributed by atoms with van der Waals surface area (Å²) < 4.78 is 4.88. The average Bonchev–Trinajstić information content (AvgIpc) is 2.64. The van der Waals surface area contributed by atoms with Crippen molar-refractivity contribution in [3.8, 4) is 0 Å². The number of carbonyl (C=O) groups excluding carboxylic acids is 1. The Morgan fingerprint density at radius 3 is 3.06 bits per heavy atom. The fourth-order valence-electron chi connectivity index (χ4n) is 1.65. The number of fused-ring (bicyclic) bond motifs is 1. The number of aromatic amines is 1. The van der Waals surface area contributed by atoms with Crippen LogP contribution in [0.1, 0.15) is 22.6 Å². The second-order valence-corrected chi connectivity index (χ2v) is 3.72. The number of ether oxygens (including phenoxy) is 1. The number of imidazole rings is 1. The van der Waals surface area contributed by atoms with Crippen LogP contribution in [-0.4, -0.2) is 29.5 Å². The van der Waals surface area contributed by atoms with Crippen LogP contribution in [0.3, 0.4) is 0 Å². The first-order valence-corrected chi connectivity index (χ1v) is 5.19. The second kappa shape index (κ2) is 4.45. The van der Waals surface area contributed by atoms with Crippen molar-refractivity contribution in [3.63, 3.8) is 0 Å². The molecule has 4 heteroatoms. The molecular weight excluding hydrogens is 204 g/mol. The fraction of sp³-hybridized carbons (Fsp3) is 0.333. The summed E-state index contributed by atoms with van der Waals surface area (Å²) in [6.07, 6.45) is 0.412. The third-order valence-corrected chi connectivity index (χ3v) is 2.46. The number of hydrogen-bond acceptors (Lipinski definition) is 3. The van der Waals surface area contributed by atoms with Crippen molar-refractivity contribution in [2.75, 3.05) is 13.7 Å². The van der Waals surface area contributed by atoms with E-state index in [4.69, 9.17) is 4.74 Å². The maximum absolute atomic E-state index is 11.7. The van der Waals surface area contributed by atoms with E-state index in [0.717, 1.165) is 16.9 Å². The molecule has 16 heavy (non-hydrogen) atoms. The van der Waals surface area contributed by atoms with Crippen molar-refractivity contribution in [1.82, 2.24) is 9.97 Å². The van der Waals surface area contributed by atoms with E-state index in [1.165, 1.54) is 0 Å². The number of aromatic nitrogens is 2. The smallest absolute Gasteiger partial charge is 0.165 e. The highest BCUT2D eigenvalue weighted by atomic mass is 16.5. The highest BCUT2D eigenvalue weighted by molar-refractivity contribution is 5.98. The van der Waals surface area contributed by atoms with Gasteiger partial charge in [-0.1, -0.05) is 0 Å². The Morgan fingerprint density at radius 2 is 2.31 bits per heavy atom. The topological polar surface area (TPSA) is 55.0 Å². The van der Waals surface area contributed by atoms with Gasteiger partial charge in [-0.05, 0) is 25.1 Å². The Hall–Kier alpha value is -1.68. The summed E-state index contributed by atoms with van der Waals surface area (Å²) >= 11 is 0. The Bertz CT molecular complexity index is 517. The number of hydrogen-bond donors (Lipinski definition) is 1. The van der Waals surface area contributed by atoms with E-state index in [0.29, 0.717) is 18.6 Å². The Labute approximate surface area is 93.6 Å². The molecule has 0 atom stereocenters. The van der Waals surface area contributed by atoms with Crippen molar-refractivity contribution in [2.24, 2.45) is 0 Å². The van der Waals surface area contributed by atoms with Crippen LogP contribution in [0.4, 0.5) is 0 Å². The monoisotopic (exact) mass is 218 g/mol. The molecule has 0 aliphatic carbocycles. The molecule has 0 bridgehead atoms. The van der Waals surface area contributed by atoms with Crippen LogP contribution < -0.4 is 0 Å². The Balaban J connectivity index is 2.28. The van der Waals surface area contributed by atoms with Crippen molar-refractivity contribution in [3.05, 3.63) is 29.6 Å². The van der Waals surface area contributed by atoms with E-state index >= 15 is 0 Å². The van der Waals surface area contributed by atoms with Crippen LogP contribution in [0.2, 0.25) is 0 Å². The summed E-state index contributed by atoms with van der Waals surface area (Å²) in [5, 5.41) is 0. The lowest BCUT2D eigenvalue weighted by atomic mass is 10.1. The van der Waals surface area contributed by atoms with Gasteiger partial charge < -0.3 is 9.72 Å². The quantitative estimate of drug-likeness (QED) is 0.799. The molecule has 1 aromatic carbocycles. The molecular formula is C12H14N2O2. The van der Waals surface area contributed by atoms with Gasteiger partial charge in [0, 0.05) is 19.1 Å². The molecule has 1 N–H and O–H groups in total. The zero-order chi connectivity index (χ0) is 11.5. The zero-order valence-electron chi connectivity index (χ0n) is 9.41. The maximum atomic E-state index is 11.7. The zero-order valence-corrected chi connectivity index (χ0v) is 9.41. The van der Waals surface area contributed by atoms with Gasteiger partial charge in [0.2, 0.25) is 0 Å². The van der Waals surface area contributed by atoms with E-state index in [2.05, 4.69) is 9.97 Å². The van der Waals surface area contributed by atoms with E-state index in [9.17, 15) is 4.79 Å². The van der Waals surface area contributed by atoms with Gasteiger partial charge >= 0.3 is 0 Å². The number of benzene rings is 1. The molecule has 0 saturated carbocycles. The number of ketones is 1. The van der Waals surface area contributed by atoms with Crippen LogP contribution in [0.5, 0.6) is 0 Å². The largest absolute Gasteiger partial charge is 0.384 e. The predicted octanol–water partition coefficient (Wildman–Crippen LogP) is 2.09. The van der Waals surface area contributed by atoms with E-state index < -0.39 is 0 Å². The number of carbonyl (C=O) groups is 1. The second-order valence-electron chi connectivity index (χ2n) is 3.72. The third-order valence-electron chi connectivity index (χ3n) is 2.46. The summed E-state index contributed by atoms with van der Waals surface area (Å²) in [7, 11) is 1.59. The molecule has 0 aliphatic rings. The number of aryl methyl sites for hydroxylation is 1. The van der Waals surface area contributed by atoms with Gasteiger partial charge in [-0.25, -0.2) is 4.98 Å². The highest BCUT2D eigenvalue weighted by Gasteiger charge is 2.07. The molecule has 0 spiro atoms. The number of Topliss-reactive ketones (excluding diaryl/α,β-unsaturated/α-hetero) is 1. The molecule has 0 amide bonds. The van der Waals surface area contributed by atoms with Gasteiger partial charge in [0.25, 0.3) is 0 Å². The van der Waals surface area contributed by atoms with Crippen LogP contribution in [0.15, 0.2) is 18.2 Å². The number of nitrogens with zero attached hydrogens (tertiary/aromatic N) is 1. The first-order chi connectivity index (χ1) is 7.70. The molecule has 1 aromatic heterocycles. The molecule has 84 valence electrons. The third kappa shape index (κ3) is 2.12. The summed E-state index contributed by atoms with van der Waals surface area (Å²) in [6.45, 7) is 2.35. The van der Waals surface area contributed by atoms with E-state index in [1.807, 2.05) is 19.1 Å². The minimum atomic E-state index is 0.0935. The summed E-state index contributed by atoms with van der Waals surface area (Å²) in [5.74, 6) is 0.951. The van der Waals surface area contributed by atoms with Crippen molar-refractivity contribution < 1.29 is 9.53 Å². The minimum Gasteiger partial charge on any atom is -0.384 e. The average molecular weight is 218 g/mol. The van der Waals surface area contributed by atoms with Gasteiger partial charge in [0.15, 0.2) is 5.78 Å². The van der Waals surface area contributed by atoms with Crippen LogP contribution in [0.25, 0.3) is 11.0 Å². The number of rotatable bonds is 4. The van der Waals surface area contributed by atoms with Gasteiger partial charge in [-0.15, -0.1) is 0 Å². The normalized spacial score (nSPS) is 10.9. The molecule has 4 nitrogen and oxygen atoms in total. The van der Waals surface area contributed by atoms with E-state index in [-0.39, 0.29) is 5.78 Å². The molecule has 1 heterocycles. The van der Waals surface area contributed by atoms with Crippen LogP contribution in [-0.2, 0) is 4.74 Å². The molecule has 0 aliphatic heterocycles. The number of nitrogens with one attached hydrogen (secondary N) is 1. The Morgan fingerprint density at radius 1 is 1.50 bits per heavy atom. The van der Waals surface area contributed by atoms with Crippen molar-refractivity contribution in [1.29, 1.82) is 0 Å². The lowest BCUT2D eigenvalue weighted by Crippen LogP contribution is -2.03. The summed E-state index contributed by atoms with van der Waals surface area (Å²) in [4.78, 5) is 19.1. The number of H-pyrrole nitrogens is 1. The van der Waals surface area contributed by atoms with Crippen molar-refractivity contribution in [2.45, 2.75) is 13.3 Å². The van der Waals surface area contributed by atoms with Gasteiger partial charge in [-0.3, -0.25) is 4.79 Å². The van der Waals surface area contributed by atoms with Gasteiger partial charge in [0.1, 0.15) is 5.82 Å². The first kappa shape index (κ1) is 10.8. The van der Waals surface area contributed by atoms with Crippen LogP contribution in [0, 0.1) is 6.92 Å². The maximum Gasteiger partial charge on any atom is 0.165 e. The summed E-state index contributed by atoms with van der Waals surface area (Å²) in [5.41, 5.74) is 2.50. The summed E-state index contributed by atoms with van der Waals surface area (Å²) in [6, 6.07) is 5.51. The standard InChI is InChI=1S/C12H14N2O2/c1-8-13-10-4-3-9(7-11(10)14-8)12(15)5-6-16-2/h3-4,7H,5-6H2,1-2H3,(H,13,14). The lowest BCUT2D eigenvalue weighted by Gasteiger charge is -2.00. The molecule has 0 fully saturated rings. The first-order valence-electron chi connectivity index (χ1n) is 5.19. The van der Waals surface area contributed by atoms with Crippen molar-refractivity contribution >= 4 is 16.8 Å². The predicted molar refractivity (Wildman–Crippen MR) is 61.7 cm³/mol. The van der Waals surface area contributed by atoms with E-state index in [1.54, 1.807) is 13.2 Å². The molecule has 2 aromatic rings. The minimum absolute atomic E-state index is 0.0935. The number of methoxy groups -OCH3 is 1. The molecule has 2 rings (SSSR count). The molecule has 0 unspecified atom stereocenters. The van der Waals surface area contributed by atoms with Gasteiger partial charge in [0.05, 0.1) is 17.6 Å². The van der Waals surface area contributed by atoms with Gasteiger partial charge in [-0.2, -0.15) is 0 Å². The lowest BCUT2D eigenvalue weighted by molar-refractivity contribution is 0.0932. The highest BCUT2D eigenvalue weighted by Crippen LogP contribution is 2.14. The fourth-order valence-corrected chi connectivity index (χ4v) is 1.65. The molecule has 0 saturated heterocycles.